The minimum absolute atomic E-state index is 0.126. The number of carbonyl (C=O) groups is 1. The third-order valence-corrected chi connectivity index (χ3v) is 4.01. The standard InChI is InChI=1S/C15H20ClN3O2/c1-11(20)19-7-5-12(6-8-19)9-15(18-21)17-14-4-2-3-13(16)10-14/h2-4,10,12,21H,5-9H2,1H3,(H,17,18). The van der Waals surface area contributed by atoms with Gasteiger partial charge in [-0.05, 0) is 37.0 Å². The van der Waals surface area contributed by atoms with Gasteiger partial charge in [-0.25, -0.2) is 0 Å². The van der Waals surface area contributed by atoms with Crippen molar-refractivity contribution in [3.05, 3.63) is 29.3 Å². The molecule has 21 heavy (non-hydrogen) atoms. The van der Waals surface area contributed by atoms with E-state index in [1.807, 2.05) is 17.0 Å². The molecular weight excluding hydrogens is 290 g/mol. The summed E-state index contributed by atoms with van der Waals surface area (Å²) in [5, 5.41) is 16.2. The maximum absolute atomic E-state index is 11.3. The van der Waals surface area contributed by atoms with Crippen LogP contribution in [0.3, 0.4) is 0 Å². The fourth-order valence-corrected chi connectivity index (χ4v) is 2.77. The zero-order valence-corrected chi connectivity index (χ0v) is 12.8. The largest absolute Gasteiger partial charge is 0.409 e. The van der Waals surface area contributed by atoms with E-state index in [1.165, 1.54) is 0 Å². The zero-order valence-electron chi connectivity index (χ0n) is 12.1. The molecule has 1 saturated heterocycles. The summed E-state index contributed by atoms with van der Waals surface area (Å²) in [5.41, 5.74) is 0.802. The molecule has 1 aliphatic rings. The molecule has 2 N–H and O–H groups in total. The number of amidine groups is 1. The van der Waals surface area contributed by atoms with Gasteiger partial charge in [0, 0.05) is 37.1 Å². The van der Waals surface area contributed by atoms with Gasteiger partial charge in [-0.15, -0.1) is 0 Å². The fraction of sp³-hybridized carbons (Fsp3) is 0.467. The summed E-state index contributed by atoms with van der Waals surface area (Å²) < 4.78 is 0. The average molecular weight is 310 g/mol. The Morgan fingerprint density at radius 3 is 2.76 bits per heavy atom. The molecule has 1 fully saturated rings. The lowest BCUT2D eigenvalue weighted by Gasteiger charge is -2.31. The van der Waals surface area contributed by atoms with Gasteiger partial charge in [0.25, 0.3) is 0 Å². The van der Waals surface area contributed by atoms with Crippen LogP contribution < -0.4 is 5.32 Å². The van der Waals surface area contributed by atoms with E-state index in [9.17, 15) is 4.79 Å². The predicted molar refractivity (Wildman–Crippen MR) is 83.9 cm³/mol. The van der Waals surface area contributed by atoms with Crippen LogP contribution in [0.2, 0.25) is 5.02 Å². The summed E-state index contributed by atoms with van der Waals surface area (Å²) >= 11 is 5.93. The number of likely N-dealkylation sites (tertiary alicyclic amines) is 1. The van der Waals surface area contributed by atoms with Gasteiger partial charge >= 0.3 is 0 Å². The van der Waals surface area contributed by atoms with Gasteiger partial charge in [-0.2, -0.15) is 0 Å². The van der Waals surface area contributed by atoms with E-state index >= 15 is 0 Å². The van der Waals surface area contributed by atoms with E-state index in [0.29, 0.717) is 23.2 Å². The van der Waals surface area contributed by atoms with Crippen molar-refractivity contribution in [2.75, 3.05) is 18.4 Å². The molecule has 0 atom stereocenters. The number of anilines is 1. The second-order valence-electron chi connectivity index (χ2n) is 5.34. The van der Waals surface area contributed by atoms with Crippen LogP contribution in [-0.2, 0) is 4.79 Å². The lowest BCUT2D eigenvalue weighted by Crippen LogP contribution is -2.37. The topological polar surface area (TPSA) is 64.9 Å². The van der Waals surface area contributed by atoms with Crippen molar-refractivity contribution >= 4 is 29.0 Å². The van der Waals surface area contributed by atoms with E-state index in [0.717, 1.165) is 31.6 Å². The molecule has 1 aliphatic heterocycles. The van der Waals surface area contributed by atoms with Crippen molar-refractivity contribution in [1.82, 2.24) is 4.90 Å². The quantitative estimate of drug-likeness (QED) is 0.390. The Labute approximate surface area is 129 Å². The molecule has 1 aromatic carbocycles. The predicted octanol–water partition coefficient (Wildman–Crippen LogP) is 3.19. The van der Waals surface area contributed by atoms with Crippen LogP contribution in [0.25, 0.3) is 0 Å². The van der Waals surface area contributed by atoms with E-state index in [1.54, 1.807) is 19.1 Å². The van der Waals surface area contributed by atoms with Crippen LogP contribution in [0, 0.1) is 5.92 Å². The Balaban J connectivity index is 1.88. The van der Waals surface area contributed by atoms with E-state index in [-0.39, 0.29) is 5.91 Å². The van der Waals surface area contributed by atoms with Gasteiger partial charge in [0.05, 0.1) is 0 Å². The van der Waals surface area contributed by atoms with Gasteiger partial charge < -0.3 is 15.4 Å². The third-order valence-electron chi connectivity index (χ3n) is 3.78. The number of benzene rings is 1. The highest BCUT2D eigenvalue weighted by Crippen LogP contribution is 2.22. The van der Waals surface area contributed by atoms with Crippen molar-refractivity contribution in [1.29, 1.82) is 0 Å². The molecule has 0 spiro atoms. The molecule has 114 valence electrons. The molecule has 1 aromatic rings. The molecule has 0 aromatic heterocycles. The van der Waals surface area contributed by atoms with Crippen LogP contribution in [0.4, 0.5) is 5.69 Å². The minimum Gasteiger partial charge on any atom is -0.409 e. The van der Waals surface area contributed by atoms with Crippen molar-refractivity contribution in [3.63, 3.8) is 0 Å². The number of nitrogens with one attached hydrogen (secondary N) is 1. The van der Waals surface area contributed by atoms with Gasteiger partial charge in [-0.1, -0.05) is 22.8 Å². The van der Waals surface area contributed by atoms with Crippen molar-refractivity contribution < 1.29 is 10.0 Å². The fourth-order valence-electron chi connectivity index (χ4n) is 2.58. The van der Waals surface area contributed by atoms with Crippen molar-refractivity contribution in [2.24, 2.45) is 11.1 Å². The first-order valence-electron chi connectivity index (χ1n) is 7.07. The molecule has 2 rings (SSSR count). The van der Waals surface area contributed by atoms with Gasteiger partial charge in [-0.3, -0.25) is 4.79 Å². The molecule has 1 amide bonds. The lowest BCUT2D eigenvalue weighted by atomic mass is 9.93. The zero-order chi connectivity index (χ0) is 15.2. The molecule has 0 saturated carbocycles. The molecule has 0 radical (unpaired) electrons. The van der Waals surface area contributed by atoms with Crippen LogP contribution in [0.5, 0.6) is 0 Å². The first-order valence-corrected chi connectivity index (χ1v) is 7.45. The number of rotatable bonds is 3. The Morgan fingerprint density at radius 2 is 2.19 bits per heavy atom. The Hall–Kier alpha value is -1.75. The SMILES string of the molecule is CC(=O)N1CCC(C/C(=N/O)Nc2cccc(Cl)c2)CC1. The van der Waals surface area contributed by atoms with Crippen LogP contribution in [-0.4, -0.2) is 34.9 Å². The number of carbonyl (C=O) groups excluding carboxylic acids is 1. The molecule has 0 unspecified atom stereocenters. The lowest BCUT2D eigenvalue weighted by molar-refractivity contribution is -0.130. The third kappa shape index (κ3) is 4.63. The second-order valence-corrected chi connectivity index (χ2v) is 5.77. The number of amides is 1. The summed E-state index contributed by atoms with van der Waals surface area (Å²) in [5.74, 6) is 1.07. The number of hydrogen-bond acceptors (Lipinski definition) is 3. The number of hydrogen-bond donors (Lipinski definition) is 2. The first-order chi connectivity index (χ1) is 10.1. The Kier molecular flexibility index (Phi) is 5.44. The number of piperidine rings is 1. The van der Waals surface area contributed by atoms with Crippen LogP contribution >= 0.6 is 11.6 Å². The summed E-state index contributed by atoms with van der Waals surface area (Å²) in [6.45, 7) is 3.15. The molecule has 0 aliphatic carbocycles. The van der Waals surface area contributed by atoms with Crippen LogP contribution in [0.15, 0.2) is 29.4 Å². The monoisotopic (exact) mass is 309 g/mol. The molecule has 1 heterocycles. The average Bonchev–Trinajstić information content (AvgIpc) is 2.47. The Morgan fingerprint density at radius 1 is 1.48 bits per heavy atom. The Bertz CT molecular complexity index is 525. The maximum Gasteiger partial charge on any atom is 0.219 e. The summed E-state index contributed by atoms with van der Waals surface area (Å²) in [6, 6.07) is 7.28. The van der Waals surface area contributed by atoms with E-state index in [2.05, 4.69) is 10.5 Å². The van der Waals surface area contributed by atoms with Crippen molar-refractivity contribution in [3.8, 4) is 0 Å². The molecular formula is C15H20ClN3O2. The summed E-state index contributed by atoms with van der Waals surface area (Å²) in [4.78, 5) is 13.2. The summed E-state index contributed by atoms with van der Waals surface area (Å²) in [7, 11) is 0. The number of nitrogens with zero attached hydrogens (tertiary/aromatic N) is 2. The molecule has 0 bridgehead atoms. The number of halogens is 1. The smallest absolute Gasteiger partial charge is 0.219 e. The highest BCUT2D eigenvalue weighted by Gasteiger charge is 2.22. The maximum atomic E-state index is 11.3. The summed E-state index contributed by atoms with van der Waals surface area (Å²) in [6.07, 6.45) is 2.51. The van der Waals surface area contributed by atoms with Gasteiger partial charge in [0.2, 0.25) is 5.91 Å². The van der Waals surface area contributed by atoms with Gasteiger partial charge in [0.1, 0.15) is 5.84 Å². The second kappa shape index (κ2) is 7.31. The normalized spacial score (nSPS) is 16.9. The highest BCUT2D eigenvalue weighted by molar-refractivity contribution is 6.30. The molecule has 6 heteroatoms. The van der Waals surface area contributed by atoms with E-state index < -0.39 is 0 Å². The number of oxime groups is 1. The first kappa shape index (κ1) is 15.6. The van der Waals surface area contributed by atoms with Crippen LogP contribution in [0.1, 0.15) is 26.2 Å². The van der Waals surface area contributed by atoms with E-state index in [4.69, 9.17) is 16.8 Å². The molecule has 5 nitrogen and oxygen atoms in total. The minimum atomic E-state index is 0.126. The van der Waals surface area contributed by atoms with Gasteiger partial charge in [0.15, 0.2) is 0 Å². The van der Waals surface area contributed by atoms with Crippen molar-refractivity contribution in [2.45, 2.75) is 26.2 Å². The highest BCUT2D eigenvalue weighted by atomic mass is 35.5.